The Kier molecular flexibility index (Phi) is 4.31. The third-order valence-corrected chi connectivity index (χ3v) is 4.50. The van der Waals surface area contributed by atoms with Gasteiger partial charge in [0.2, 0.25) is 0 Å². The summed E-state index contributed by atoms with van der Waals surface area (Å²) in [6.07, 6.45) is 2.55. The fourth-order valence-electron chi connectivity index (χ4n) is 2.49. The highest BCUT2D eigenvalue weighted by Gasteiger charge is 2.21. The van der Waals surface area contributed by atoms with Crippen LogP contribution in [0.2, 0.25) is 0 Å². The number of anilines is 1. The van der Waals surface area contributed by atoms with E-state index in [1.807, 2.05) is 0 Å². The van der Waals surface area contributed by atoms with Gasteiger partial charge >= 0.3 is 0 Å². The number of nitrogens with zero attached hydrogens (tertiary/aromatic N) is 2. The Morgan fingerprint density at radius 1 is 1.24 bits per heavy atom. The van der Waals surface area contributed by atoms with Crippen LogP contribution in [0.25, 0.3) is 0 Å². The summed E-state index contributed by atoms with van der Waals surface area (Å²) in [7, 11) is 4.38. The first-order valence-electron chi connectivity index (χ1n) is 6.25. The van der Waals surface area contributed by atoms with Crippen LogP contribution in [0, 0.1) is 10.5 Å². The lowest BCUT2D eigenvalue weighted by Crippen LogP contribution is -2.42. The molecule has 1 aliphatic heterocycles. The fourth-order valence-corrected chi connectivity index (χ4v) is 3.50. The minimum Gasteiger partial charge on any atom is -0.371 e. The zero-order valence-corrected chi connectivity index (χ0v) is 13.1. The van der Waals surface area contributed by atoms with Gasteiger partial charge in [0.1, 0.15) is 0 Å². The van der Waals surface area contributed by atoms with Crippen molar-refractivity contribution in [2.75, 3.05) is 32.1 Å². The van der Waals surface area contributed by atoms with Crippen molar-refractivity contribution in [3.8, 4) is 0 Å². The predicted molar refractivity (Wildman–Crippen MR) is 82.8 cm³/mol. The first kappa shape index (κ1) is 13.1. The zero-order chi connectivity index (χ0) is 12.4. The second-order valence-electron chi connectivity index (χ2n) is 5.14. The molecule has 0 unspecified atom stereocenters. The van der Waals surface area contributed by atoms with Crippen LogP contribution < -0.4 is 4.90 Å². The molecule has 1 fully saturated rings. The lowest BCUT2D eigenvalue weighted by molar-refractivity contribution is 0.249. The molecular weight excluding hydrogens is 323 g/mol. The maximum absolute atomic E-state index is 2.53. The van der Waals surface area contributed by atoms with Crippen LogP contribution in [0.3, 0.4) is 0 Å². The Balaban J connectivity index is 2.05. The molecule has 0 N–H and O–H groups in total. The molecule has 0 spiro atoms. The molecule has 2 rings (SSSR count). The summed E-state index contributed by atoms with van der Waals surface area (Å²) in [5.74, 6) is 0. The molecule has 2 nitrogen and oxygen atoms in total. The number of hydrogen-bond donors (Lipinski definition) is 0. The fraction of sp³-hybridized carbons (Fsp3) is 0.571. The minimum absolute atomic E-state index is 0.759. The molecule has 3 heteroatoms. The van der Waals surface area contributed by atoms with E-state index >= 15 is 0 Å². The number of aryl methyl sites for hydroxylation is 1. The number of rotatable bonds is 2. The summed E-state index contributed by atoms with van der Waals surface area (Å²) in [5.41, 5.74) is 2.76. The predicted octanol–water partition coefficient (Wildman–Crippen LogP) is 3.13. The van der Waals surface area contributed by atoms with Gasteiger partial charge in [0.25, 0.3) is 0 Å². The number of benzene rings is 1. The van der Waals surface area contributed by atoms with Gasteiger partial charge in [-0.2, -0.15) is 0 Å². The van der Waals surface area contributed by atoms with Crippen LogP contribution >= 0.6 is 22.6 Å². The maximum Gasteiger partial charge on any atom is 0.0502 e. The van der Waals surface area contributed by atoms with Gasteiger partial charge in [0.05, 0.1) is 5.69 Å². The van der Waals surface area contributed by atoms with E-state index in [2.05, 4.69) is 71.6 Å². The molecule has 0 aromatic heterocycles. The van der Waals surface area contributed by atoms with Crippen LogP contribution in [0.1, 0.15) is 18.4 Å². The van der Waals surface area contributed by atoms with E-state index in [0.717, 1.165) is 6.04 Å². The van der Waals surface area contributed by atoms with Crippen molar-refractivity contribution in [2.45, 2.75) is 25.8 Å². The van der Waals surface area contributed by atoms with Crippen LogP contribution in [-0.4, -0.2) is 38.1 Å². The van der Waals surface area contributed by atoms with E-state index in [4.69, 9.17) is 0 Å². The van der Waals surface area contributed by atoms with Crippen molar-refractivity contribution in [2.24, 2.45) is 0 Å². The van der Waals surface area contributed by atoms with Gasteiger partial charge in [-0.25, -0.2) is 0 Å². The quantitative estimate of drug-likeness (QED) is 0.761. The highest BCUT2D eigenvalue weighted by Crippen LogP contribution is 2.27. The molecule has 1 aromatic rings. The van der Waals surface area contributed by atoms with Crippen molar-refractivity contribution in [1.82, 2.24) is 4.90 Å². The number of piperidine rings is 1. The molecule has 17 heavy (non-hydrogen) atoms. The van der Waals surface area contributed by atoms with Crippen molar-refractivity contribution >= 4 is 28.3 Å². The normalized spacial score (nSPS) is 17.8. The van der Waals surface area contributed by atoms with E-state index < -0.39 is 0 Å². The van der Waals surface area contributed by atoms with Gasteiger partial charge in [-0.15, -0.1) is 0 Å². The standard InChI is InChI=1S/C14H21IN2/c1-11-4-5-14(13(15)10-11)17-8-6-12(7-9-17)16(2)3/h4-5,10,12H,6-9H2,1-3H3. The van der Waals surface area contributed by atoms with Gasteiger partial charge in [-0.05, 0) is 74.1 Å². The summed E-state index contributed by atoms with van der Waals surface area (Å²) in [6.45, 7) is 4.52. The molecule has 1 heterocycles. The largest absolute Gasteiger partial charge is 0.371 e. The van der Waals surface area contributed by atoms with Crippen molar-refractivity contribution in [3.05, 3.63) is 27.3 Å². The number of halogens is 1. The van der Waals surface area contributed by atoms with Crippen LogP contribution in [-0.2, 0) is 0 Å². The average molecular weight is 344 g/mol. The first-order chi connectivity index (χ1) is 8.08. The maximum atomic E-state index is 2.53. The molecule has 0 atom stereocenters. The molecule has 0 aliphatic carbocycles. The molecule has 1 saturated heterocycles. The summed E-state index contributed by atoms with van der Waals surface area (Å²) >= 11 is 2.45. The second-order valence-corrected chi connectivity index (χ2v) is 6.30. The van der Waals surface area contributed by atoms with E-state index in [1.54, 1.807) is 0 Å². The Morgan fingerprint density at radius 3 is 2.41 bits per heavy atom. The second kappa shape index (κ2) is 5.57. The average Bonchev–Trinajstić information content (AvgIpc) is 2.29. The van der Waals surface area contributed by atoms with Crippen LogP contribution in [0.5, 0.6) is 0 Å². The molecule has 1 aromatic carbocycles. The lowest BCUT2D eigenvalue weighted by atomic mass is 10.0. The Morgan fingerprint density at radius 2 is 1.88 bits per heavy atom. The Labute approximate surface area is 118 Å². The van der Waals surface area contributed by atoms with Crippen molar-refractivity contribution < 1.29 is 0 Å². The lowest BCUT2D eigenvalue weighted by Gasteiger charge is -2.37. The van der Waals surface area contributed by atoms with Crippen LogP contribution in [0.15, 0.2) is 18.2 Å². The molecule has 0 bridgehead atoms. The van der Waals surface area contributed by atoms with Gasteiger partial charge in [0, 0.05) is 22.7 Å². The third kappa shape index (κ3) is 3.13. The number of hydrogen-bond acceptors (Lipinski definition) is 2. The van der Waals surface area contributed by atoms with Gasteiger partial charge < -0.3 is 9.80 Å². The van der Waals surface area contributed by atoms with E-state index in [1.165, 1.54) is 40.8 Å². The van der Waals surface area contributed by atoms with Gasteiger partial charge in [-0.1, -0.05) is 6.07 Å². The molecule has 1 aliphatic rings. The third-order valence-electron chi connectivity index (χ3n) is 3.64. The van der Waals surface area contributed by atoms with Crippen LogP contribution in [0.4, 0.5) is 5.69 Å². The molecule has 94 valence electrons. The Hall–Kier alpha value is -0.290. The summed E-state index contributed by atoms with van der Waals surface area (Å²) < 4.78 is 1.38. The molecular formula is C14H21IN2. The summed E-state index contributed by atoms with van der Waals surface area (Å²) in [5, 5.41) is 0. The first-order valence-corrected chi connectivity index (χ1v) is 7.33. The highest BCUT2D eigenvalue weighted by atomic mass is 127. The van der Waals surface area contributed by atoms with Gasteiger partial charge in [-0.3, -0.25) is 0 Å². The zero-order valence-electron chi connectivity index (χ0n) is 10.9. The monoisotopic (exact) mass is 344 g/mol. The van der Waals surface area contributed by atoms with Gasteiger partial charge in [0.15, 0.2) is 0 Å². The Bertz CT molecular complexity index is 382. The molecule has 0 amide bonds. The highest BCUT2D eigenvalue weighted by molar-refractivity contribution is 14.1. The van der Waals surface area contributed by atoms with E-state index in [9.17, 15) is 0 Å². The molecule has 0 radical (unpaired) electrons. The SMILES string of the molecule is Cc1ccc(N2CCC(N(C)C)CC2)c(I)c1. The van der Waals surface area contributed by atoms with E-state index in [-0.39, 0.29) is 0 Å². The summed E-state index contributed by atoms with van der Waals surface area (Å²) in [6, 6.07) is 7.52. The summed E-state index contributed by atoms with van der Waals surface area (Å²) in [4.78, 5) is 4.89. The molecule has 0 saturated carbocycles. The van der Waals surface area contributed by atoms with Crippen molar-refractivity contribution in [3.63, 3.8) is 0 Å². The van der Waals surface area contributed by atoms with E-state index in [0.29, 0.717) is 0 Å². The smallest absolute Gasteiger partial charge is 0.0502 e. The van der Waals surface area contributed by atoms with Crippen molar-refractivity contribution in [1.29, 1.82) is 0 Å². The topological polar surface area (TPSA) is 6.48 Å². The minimum atomic E-state index is 0.759.